The Morgan fingerprint density at radius 1 is 0.604 bits per heavy atom. The van der Waals surface area contributed by atoms with Crippen molar-refractivity contribution in [3.63, 3.8) is 0 Å². The lowest BCUT2D eigenvalue weighted by molar-refractivity contribution is -0.128. The molecule has 0 fully saturated rings. The Bertz CT molecular complexity index is 5150. The zero-order chi connectivity index (χ0) is 68.6. The Morgan fingerprint density at radius 2 is 1.15 bits per heavy atom. The van der Waals surface area contributed by atoms with Gasteiger partial charge >= 0.3 is 5.97 Å². The van der Waals surface area contributed by atoms with Crippen LogP contribution in [0.2, 0.25) is 15.3 Å². The first kappa shape index (κ1) is 68.0. The Balaban J connectivity index is 0.000000158. The number of aromatic nitrogens is 9. The summed E-state index contributed by atoms with van der Waals surface area (Å²) < 4.78 is 16.0. The van der Waals surface area contributed by atoms with E-state index in [4.69, 9.17) is 64.0 Å². The number of carbonyl (C=O) groups is 2. The van der Waals surface area contributed by atoms with Crippen LogP contribution >= 0.6 is 34.8 Å². The molecule has 96 heavy (non-hydrogen) atoms. The summed E-state index contributed by atoms with van der Waals surface area (Å²) in [4.78, 5) is 35.4. The molecule has 0 saturated heterocycles. The minimum atomic E-state index is -0.594. The second-order valence-electron chi connectivity index (χ2n) is 23.6. The third-order valence-electron chi connectivity index (χ3n) is 16.8. The number of hydrogen-bond acceptors (Lipinski definition) is 8. The van der Waals surface area contributed by atoms with Gasteiger partial charge in [0.15, 0.2) is 11.9 Å². The highest BCUT2D eigenvalue weighted by Crippen LogP contribution is 2.43. The van der Waals surface area contributed by atoms with Crippen LogP contribution in [-0.4, -0.2) is 74.9 Å². The average molecular weight is 1340 g/mol. The highest BCUT2D eigenvalue weighted by molar-refractivity contribution is 6.37. The van der Waals surface area contributed by atoms with Crippen LogP contribution in [0.25, 0.3) is 54.3 Å². The molecular weight excluding hydrogens is 1270 g/mol. The number of nitrogens with zero attached hydrogens (tertiary/aromatic N) is 10. The first-order chi connectivity index (χ1) is 46.2. The largest absolute Gasteiger partial charge is 0.480 e. The molecule has 1 atom stereocenters. The zero-order valence-corrected chi connectivity index (χ0v) is 57.1. The van der Waals surface area contributed by atoms with Crippen LogP contribution in [0.4, 0.5) is 17.2 Å². The van der Waals surface area contributed by atoms with Gasteiger partial charge in [0.25, 0.3) is 5.91 Å². The van der Waals surface area contributed by atoms with Crippen LogP contribution < -0.4 is 10.1 Å². The summed E-state index contributed by atoms with van der Waals surface area (Å²) in [7, 11) is 0. The Hall–Kier alpha value is -10.9. The number of benzene rings is 6. The minimum absolute atomic E-state index is 0.144. The van der Waals surface area contributed by atoms with Gasteiger partial charge in [-0.1, -0.05) is 162 Å². The summed E-state index contributed by atoms with van der Waals surface area (Å²) in [6.45, 7) is 43.0. The predicted molar refractivity (Wildman–Crippen MR) is 377 cm³/mol. The van der Waals surface area contributed by atoms with Crippen LogP contribution in [0.1, 0.15) is 120 Å². The van der Waals surface area contributed by atoms with Crippen LogP contribution in [0.5, 0.6) is 5.75 Å². The molecule has 0 aliphatic heterocycles. The van der Waals surface area contributed by atoms with Gasteiger partial charge in [0.05, 0.1) is 25.8 Å². The molecule has 12 rings (SSSR count). The van der Waals surface area contributed by atoms with Crippen molar-refractivity contribution in [3.8, 4) is 34.6 Å². The van der Waals surface area contributed by atoms with Crippen molar-refractivity contribution in [2.75, 3.05) is 13.2 Å². The van der Waals surface area contributed by atoms with Crippen molar-refractivity contribution in [3.05, 3.63) is 266 Å². The molecule has 0 aliphatic rings. The van der Waals surface area contributed by atoms with Gasteiger partial charge in [-0.15, -0.1) is 5.10 Å². The quantitative estimate of drug-likeness (QED) is 0.0509. The summed E-state index contributed by atoms with van der Waals surface area (Å²) in [5.41, 5.74) is 20.6. The number of halogens is 3. The molecule has 6 aromatic carbocycles. The smallest absolute Gasteiger partial charge is 0.342 e. The Morgan fingerprint density at radius 3 is 1.71 bits per heavy atom. The Labute approximate surface area is 571 Å². The van der Waals surface area contributed by atoms with Crippen LogP contribution in [0.15, 0.2) is 121 Å². The fraction of sp³-hybridized carbons (Fsp3) is 0.240. The standard InChI is InChI=1S/C30H24ClN5.C23H29ClN4O4.C22H16ClN5/c1-18-9-10-19(2)24(13-18)16-22-12-11-20(3)25(17-22)15-21-7-6-8-23(14-21)28-34-35-29-26(31)27(32-4)30(33-5)36(28)29;1-6-16(32-17-9-8-13(3)12-14(17)4)22(29)25-11-10-18-26-27-21-19(23(30)31-7-2)15(5)20(24)28(18)21;1-13-7-8-14(2)17(9-13)11-15-5-4-6-16(10-15)21-26-27-22-18(12-24)19(25-3)20(23)28(21)22/h6-14,17,35H,15-16H2,1-3H3;8-9,12,16,27H,6-7,10-11H2,1-5H3,(H,25,29);4-10,27H,11H2,1-2H3. The molecule has 0 bridgehead atoms. The number of nitrogens with one attached hydrogen (secondary N) is 4. The number of hydrogen-bond donors (Lipinski definition) is 4. The summed E-state index contributed by atoms with van der Waals surface area (Å²) in [5, 5.41) is 34.8. The molecule has 6 heterocycles. The summed E-state index contributed by atoms with van der Waals surface area (Å²) in [6.07, 6.45) is 2.86. The van der Waals surface area contributed by atoms with Gasteiger partial charge in [0.1, 0.15) is 49.3 Å². The summed E-state index contributed by atoms with van der Waals surface area (Å²) in [5.74, 6) is 1.98. The van der Waals surface area contributed by atoms with Crippen molar-refractivity contribution in [2.45, 2.75) is 107 Å². The maximum atomic E-state index is 12.7. The minimum Gasteiger partial charge on any atom is -0.480 e. The third kappa shape index (κ3) is 14.1. The molecule has 12 aromatic rings. The van der Waals surface area contributed by atoms with Crippen LogP contribution in [0.3, 0.4) is 0 Å². The van der Waals surface area contributed by atoms with Gasteiger partial charge in [-0.2, -0.15) is 15.5 Å². The first-order valence-corrected chi connectivity index (χ1v) is 32.2. The van der Waals surface area contributed by atoms with Gasteiger partial charge in [-0.05, 0) is 168 Å². The van der Waals surface area contributed by atoms with Gasteiger partial charge in [-0.3, -0.25) is 23.8 Å². The number of fused-ring (bicyclic) bond motifs is 3. The van der Waals surface area contributed by atoms with Crippen LogP contribution in [-0.2, 0) is 35.2 Å². The van der Waals surface area contributed by atoms with Crippen molar-refractivity contribution < 1.29 is 19.1 Å². The number of aryl methyl sites for hydroxylation is 7. The van der Waals surface area contributed by atoms with Crippen molar-refractivity contribution in [1.82, 2.24) is 49.1 Å². The third-order valence-corrected chi connectivity index (χ3v) is 18.0. The predicted octanol–water partition coefficient (Wildman–Crippen LogP) is 17.7. The second-order valence-corrected chi connectivity index (χ2v) is 24.7. The van der Waals surface area contributed by atoms with Gasteiger partial charge in [0.2, 0.25) is 28.7 Å². The van der Waals surface area contributed by atoms with E-state index in [-0.39, 0.29) is 45.4 Å². The van der Waals surface area contributed by atoms with E-state index in [1.54, 1.807) is 27.0 Å². The van der Waals surface area contributed by atoms with E-state index < -0.39 is 12.1 Å². The number of aromatic amines is 3. The van der Waals surface area contributed by atoms with Gasteiger partial charge in [-0.25, -0.2) is 24.0 Å². The molecule has 1 amide bonds. The van der Waals surface area contributed by atoms with E-state index in [2.05, 4.69) is 164 Å². The number of esters is 1. The highest BCUT2D eigenvalue weighted by Gasteiger charge is 2.28. The molecule has 0 radical (unpaired) electrons. The Kier molecular flexibility index (Phi) is 21.0. The zero-order valence-electron chi connectivity index (χ0n) is 54.8. The lowest BCUT2D eigenvalue weighted by Crippen LogP contribution is -2.39. The number of amides is 1. The maximum Gasteiger partial charge on any atom is 0.342 e. The van der Waals surface area contributed by atoms with E-state index in [1.165, 1.54) is 50.1 Å². The number of H-pyrrole nitrogens is 3. The molecular formula is C75H69Cl3N14O4. The number of carbonyl (C=O) groups excluding carboxylic acids is 2. The average Bonchev–Trinajstić information content (AvgIpc) is 1.62. The topological polar surface area (TPSA) is 201 Å². The number of ether oxygens (including phenoxy) is 2. The lowest BCUT2D eigenvalue weighted by atomic mass is 9.93. The fourth-order valence-electron chi connectivity index (χ4n) is 11.7. The lowest BCUT2D eigenvalue weighted by Gasteiger charge is -2.18. The highest BCUT2D eigenvalue weighted by atomic mass is 35.5. The number of rotatable bonds is 17. The molecule has 0 spiro atoms. The van der Waals surface area contributed by atoms with Crippen molar-refractivity contribution in [2.24, 2.45) is 0 Å². The van der Waals surface area contributed by atoms with E-state index in [1.807, 2.05) is 69.3 Å². The first-order valence-electron chi connectivity index (χ1n) is 31.1. The van der Waals surface area contributed by atoms with Gasteiger partial charge in [0, 0.05) is 29.7 Å². The van der Waals surface area contributed by atoms with Crippen molar-refractivity contribution in [1.29, 1.82) is 5.26 Å². The van der Waals surface area contributed by atoms with E-state index in [9.17, 15) is 14.9 Å². The van der Waals surface area contributed by atoms with E-state index >= 15 is 0 Å². The fourth-order valence-corrected chi connectivity index (χ4v) is 12.5. The SMILES string of the molecule is CCOC(=O)c1c(C)c(Cl)n2c(CCNC(=O)C(CC)Oc3ccc(C)cc3C)n[nH]c12.[C-]#[N+]c1c(C#N)c2[nH]nc(-c3cccc(Cc4cc(C)ccc4C)c3)n2c1Cl.[C-]#[N+]c1c(Cl)c2[nH]nc(-c3cccc(Cc4cc(Cc5cc(C)ccc5C)ccc4C)c3)n2c1[N+]#[C-]. The maximum absolute atomic E-state index is 12.7. The molecule has 21 heteroatoms. The second kappa shape index (κ2) is 29.6. The van der Waals surface area contributed by atoms with E-state index in [0.29, 0.717) is 75.8 Å². The molecule has 18 nitrogen and oxygen atoms in total. The molecule has 6 aromatic heterocycles. The molecule has 1 unspecified atom stereocenters. The monoisotopic (exact) mass is 1330 g/mol. The number of nitriles is 1. The normalized spacial score (nSPS) is 11.3. The molecule has 4 N–H and O–H groups in total. The molecule has 484 valence electrons. The molecule has 0 saturated carbocycles. The summed E-state index contributed by atoms with van der Waals surface area (Å²) >= 11 is 19.2. The van der Waals surface area contributed by atoms with Crippen molar-refractivity contribution >= 4 is 80.8 Å². The van der Waals surface area contributed by atoms with Crippen LogP contribution in [0, 0.1) is 86.4 Å². The van der Waals surface area contributed by atoms with E-state index in [0.717, 1.165) is 52.6 Å². The molecule has 0 aliphatic carbocycles. The summed E-state index contributed by atoms with van der Waals surface area (Å²) in [6, 6.07) is 43.9. The van der Waals surface area contributed by atoms with Gasteiger partial charge < -0.3 is 19.6 Å².